The molecule has 6 heteroatoms. The van der Waals surface area contributed by atoms with Gasteiger partial charge in [-0.15, -0.1) is 0 Å². The van der Waals surface area contributed by atoms with Crippen molar-refractivity contribution in [2.45, 2.75) is 44.6 Å². The molecule has 1 rings (SSSR count). The Morgan fingerprint density at radius 2 is 1.76 bits per heavy atom. The van der Waals surface area contributed by atoms with E-state index in [1.54, 1.807) is 0 Å². The Kier molecular flexibility index (Phi) is 4.93. The highest BCUT2D eigenvalue weighted by molar-refractivity contribution is 5.90. The maximum absolute atomic E-state index is 11.6. The van der Waals surface area contributed by atoms with E-state index in [1.165, 1.54) is 0 Å². The minimum absolute atomic E-state index is 0.234. The van der Waals surface area contributed by atoms with Crippen molar-refractivity contribution in [3.05, 3.63) is 0 Å². The Bertz CT molecular complexity index is 311. The van der Waals surface area contributed by atoms with Crippen LogP contribution in [-0.4, -0.2) is 23.8 Å². The second-order valence-electron chi connectivity index (χ2n) is 4.55. The van der Waals surface area contributed by atoms with Crippen LogP contribution >= 0.6 is 0 Å². The van der Waals surface area contributed by atoms with E-state index in [1.807, 2.05) is 0 Å². The van der Waals surface area contributed by atoms with Crippen LogP contribution in [-0.2, 0) is 14.4 Å². The van der Waals surface area contributed by atoms with E-state index in [0.29, 0.717) is 12.3 Å². The second-order valence-corrected chi connectivity index (χ2v) is 4.55. The fourth-order valence-electron chi connectivity index (χ4n) is 2.15. The normalized spacial score (nSPS) is 17.6. The largest absolute Gasteiger partial charge is 0.370 e. The highest BCUT2D eigenvalue weighted by atomic mass is 16.2. The van der Waals surface area contributed by atoms with Crippen LogP contribution in [0.3, 0.4) is 0 Å². The van der Waals surface area contributed by atoms with Gasteiger partial charge in [-0.3, -0.25) is 14.4 Å². The number of amides is 3. The standard InChI is InChI=1S/C11H19N3O3/c12-9(15)6-8(11(13)17)14-10(16)5-7-3-1-2-4-7/h7-8H,1-6H2,(H2,12,15)(H2,13,17)(H,14,16)/t8-/m0/s1. The Morgan fingerprint density at radius 3 is 2.24 bits per heavy atom. The predicted octanol–water partition coefficient (Wildman–Crippen LogP) is -0.588. The molecule has 6 nitrogen and oxygen atoms in total. The van der Waals surface area contributed by atoms with E-state index >= 15 is 0 Å². The molecular weight excluding hydrogens is 222 g/mol. The van der Waals surface area contributed by atoms with Crippen molar-refractivity contribution in [2.75, 3.05) is 0 Å². The monoisotopic (exact) mass is 241 g/mol. The molecule has 1 aliphatic rings. The van der Waals surface area contributed by atoms with Crippen molar-refractivity contribution in [1.82, 2.24) is 5.32 Å². The maximum Gasteiger partial charge on any atom is 0.240 e. The lowest BCUT2D eigenvalue weighted by Crippen LogP contribution is -2.46. The first kappa shape index (κ1) is 13.5. The molecule has 0 aromatic rings. The highest BCUT2D eigenvalue weighted by Gasteiger charge is 2.23. The van der Waals surface area contributed by atoms with Gasteiger partial charge in [0.05, 0.1) is 6.42 Å². The van der Waals surface area contributed by atoms with Crippen LogP contribution in [0.25, 0.3) is 0 Å². The lowest BCUT2D eigenvalue weighted by Gasteiger charge is -2.15. The molecule has 0 radical (unpaired) electrons. The summed E-state index contributed by atoms with van der Waals surface area (Å²) in [6.45, 7) is 0. The first-order valence-electron chi connectivity index (χ1n) is 5.86. The number of carbonyl (C=O) groups is 3. The molecule has 0 bridgehead atoms. The van der Waals surface area contributed by atoms with Gasteiger partial charge in [-0.05, 0) is 18.8 Å². The van der Waals surface area contributed by atoms with Crippen LogP contribution in [0.5, 0.6) is 0 Å². The van der Waals surface area contributed by atoms with Crippen LogP contribution in [0.15, 0.2) is 0 Å². The number of hydrogen-bond donors (Lipinski definition) is 3. The molecule has 0 unspecified atom stereocenters. The number of primary amides is 2. The SMILES string of the molecule is NC(=O)C[C@H](NC(=O)CC1CCCC1)C(N)=O. The zero-order chi connectivity index (χ0) is 12.8. The van der Waals surface area contributed by atoms with E-state index in [-0.39, 0.29) is 12.3 Å². The number of rotatable bonds is 6. The Balaban J connectivity index is 2.40. The summed E-state index contributed by atoms with van der Waals surface area (Å²) in [5, 5.41) is 2.46. The average Bonchev–Trinajstić information content (AvgIpc) is 2.68. The van der Waals surface area contributed by atoms with Crippen LogP contribution in [0, 0.1) is 5.92 Å². The molecule has 0 aromatic carbocycles. The molecule has 3 amide bonds. The van der Waals surface area contributed by atoms with Gasteiger partial charge < -0.3 is 16.8 Å². The van der Waals surface area contributed by atoms with E-state index in [2.05, 4.69) is 5.32 Å². The molecule has 5 N–H and O–H groups in total. The third-order valence-corrected chi connectivity index (χ3v) is 3.03. The lowest BCUT2D eigenvalue weighted by molar-refractivity contribution is -0.129. The maximum atomic E-state index is 11.6. The summed E-state index contributed by atoms with van der Waals surface area (Å²) in [4.78, 5) is 33.3. The number of carbonyl (C=O) groups excluding carboxylic acids is 3. The lowest BCUT2D eigenvalue weighted by atomic mass is 10.0. The van der Waals surface area contributed by atoms with Crippen LogP contribution in [0.2, 0.25) is 0 Å². The van der Waals surface area contributed by atoms with Gasteiger partial charge in [-0.2, -0.15) is 0 Å². The Morgan fingerprint density at radius 1 is 1.18 bits per heavy atom. The summed E-state index contributed by atoms with van der Waals surface area (Å²) in [6.07, 6.45) is 4.54. The molecular formula is C11H19N3O3. The predicted molar refractivity (Wildman–Crippen MR) is 61.5 cm³/mol. The molecule has 1 fully saturated rings. The van der Waals surface area contributed by atoms with Gasteiger partial charge >= 0.3 is 0 Å². The van der Waals surface area contributed by atoms with Crippen molar-refractivity contribution in [2.24, 2.45) is 17.4 Å². The molecule has 0 spiro atoms. The van der Waals surface area contributed by atoms with Gasteiger partial charge in [0.25, 0.3) is 0 Å². The minimum Gasteiger partial charge on any atom is -0.370 e. The first-order valence-corrected chi connectivity index (χ1v) is 5.86. The van der Waals surface area contributed by atoms with E-state index in [0.717, 1.165) is 25.7 Å². The molecule has 96 valence electrons. The van der Waals surface area contributed by atoms with Crippen molar-refractivity contribution in [3.8, 4) is 0 Å². The smallest absolute Gasteiger partial charge is 0.240 e. The van der Waals surface area contributed by atoms with Crippen molar-refractivity contribution in [3.63, 3.8) is 0 Å². The van der Waals surface area contributed by atoms with Gasteiger partial charge in [-0.25, -0.2) is 0 Å². The molecule has 0 saturated heterocycles. The summed E-state index contributed by atoms with van der Waals surface area (Å²) in [6, 6.07) is -0.985. The zero-order valence-corrected chi connectivity index (χ0v) is 9.78. The molecule has 1 saturated carbocycles. The summed E-state index contributed by atoms with van der Waals surface area (Å²) < 4.78 is 0. The van der Waals surface area contributed by atoms with E-state index < -0.39 is 17.9 Å². The molecule has 1 atom stereocenters. The van der Waals surface area contributed by atoms with Crippen molar-refractivity contribution in [1.29, 1.82) is 0 Å². The topological polar surface area (TPSA) is 115 Å². The molecule has 1 aliphatic carbocycles. The van der Waals surface area contributed by atoms with Crippen molar-refractivity contribution < 1.29 is 14.4 Å². The molecule has 0 aromatic heterocycles. The van der Waals surface area contributed by atoms with Gasteiger partial charge in [0.2, 0.25) is 17.7 Å². The average molecular weight is 241 g/mol. The van der Waals surface area contributed by atoms with E-state index in [4.69, 9.17) is 11.5 Å². The quantitative estimate of drug-likeness (QED) is 0.577. The Hall–Kier alpha value is -1.59. The van der Waals surface area contributed by atoms with Gasteiger partial charge in [0.1, 0.15) is 6.04 Å². The highest BCUT2D eigenvalue weighted by Crippen LogP contribution is 2.27. The third kappa shape index (κ3) is 4.84. The van der Waals surface area contributed by atoms with Crippen LogP contribution in [0.1, 0.15) is 38.5 Å². The van der Waals surface area contributed by atoms with Gasteiger partial charge in [0.15, 0.2) is 0 Å². The Labute approximate surface area is 100 Å². The third-order valence-electron chi connectivity index (χ3n) is 3.03. The first-order chi connectivity index (χ1) is 7.99. The fourth-order valence-corrected chi connectivity index (χ4v) is 2.15. The molecule has 0 heterocycles. The van der Waals surface area contributed by atoms with Gasteiger partial charge in [-0.1, -0.05) is 12.8 Å². The van der Waals surface area contributed by atoms with Crippen LogP contribution in [0.4, 0.5) is 0 Å². The summed E-state index contributed by atoms with van der Waals surface area (Å²) >= 11 is 0. The summed E-state index contributed by atoms with van der Waals surface area (Å²) in [5.74, 6) is -1.24. The van der Waals surface area contributed by atoms with E-state index in [9.17, 15) is 14.4 Å². The molecule has 0 aliphatic heterocycles. The number of nitrogens with one attached hydrogen (secondary N) is 1. The second kappa shape index (κ2) is 6.22. The van der Waals surface area contributed by atoms with Crippen LogP contribution < -0.4 is 16.8 Å². The zero-order valence-electron chi connectivity index (χ0n) is 9.78. The van der Waals surface area contributed by atoms with Crippen molar-refractivity contribution >= 4 is 17.7 Å². The molecule has 17 heavy (non-hydrogen) atoms. The summed E-state index contributed by atoms with van der Waals surface area (Å²) in [5.41, 5.74) is 10.1. The number of nitrogens with two attached hydrogens (primary N) is 2. The summed E-state index contributed by atoms with van der Waals surface area (Å²) in [7, 11) is 0. The fraction of sp³-hybridized carbons (Fsp3) is 0.727. The minimum atomic E-state index is -0.985. The van der Waals surface area contributed by atoms with Gasteiger partial charge in [0, 0.05) is 6.42 Å². The number of hydrogen-bond acceptors (Lipinski definition) is 3.